The average molecular weight is 506 g/mol. The van der Waals surface area contributed by atoms with Crippen LogP contribution in [0.5, 0.6) is 0 Å². The van der Waals surface area contributed by atoms with Gasteiger partial charge in [-0.1, -0.05) is 0 Å². The van der Waals surface area contributed by atoms with E-state index >= 15 is 0 Å². The molecule has 0 unspecified atom stereocenters. The van der Waals surface area contributed by atoms with Gasteiger partial charge < -0.3 is 80.2 Å². The molecule has 2 aliphatic heterocycles. The maximum Gasteiger partial charge on any atom is 0.187 e. The van der Waals surface area contributed by atoms with Crippen molar-refractivity contribution in [3.63, 3.8) is 0 Å². The molecule has 0 amide bonds. The highest BCUT2D eigenvalue weighted by atomic mass is 16.7. The molecule has 0 aromatic carbocycles. The van der Waals surface area contributed by atoms with Crippen molar-refractivity contribution < 1.29 is 80.2 Å². The van der Waals surface area contributed by atoms with E-state index in [9.17, 15) is 56.2 Å². The van der Waals surface area contributed by atoms with E-state index in [0.29, 0.717) is 0 Å². The molecule has 0 saturated carbocycles. The standard InChI is InChI=1S/C18H34O16/c19-1-5(23)9(25)15(6(24)2-20)33-18-14(30)12(28)16(8(4-22)32-18)34-17-13(29)11(27)10(26)7(3-21)31-17/h5-30H,1-4H2/t5-,6+,7+,8-,9-,10+,11+,12-,13-,14-,15-,16-,17-,18+/m0/s1. The molecule has 0 aromatic heterocycles. The molecule has 0 spiro atoms. The van der Waals surface area contributed by atoms with Crippen LogP contribution in [0.3, 0.4) is 0 Å². The van der Waals surface area contributed by atoms with Crippen molar-refractivity contribution in [2.75, 3.05) is 26.4 Å². The van der Waals surface area contributed by atoms with Crippen LogP contribution in [0.2, 0.25) is 0 Å². The molecule has 2 rings (SSSR count). The molecule has 2 aliphatic rings. The molecule has 34 heavy (non-hydrogen) atoms. The summed E-state index contributed by atoms with van der Waals surface area (Å²) in [4.78, 5) is 0. The van der Waals surface area contributed by atoms with Gasteiger partial charge in [0.2, 0.25) is 0 Å². The Morgan fingerprint density at radius 2 is 1.15 bits per heavy atom. The molecule has 0 bridgehead atoms. The van der Waals surface area contributed by atoms with Crippen molar-refractivity contribution in [3.05, 3.63) is 0 Å². The molecule has 16 heteroatoms. The summed E-state index contributed by atoms with van der Waals surface area (Å²) >= 11 is 0. The lowest BCUT2D eigenvalue weighted by Gasteiger charge is -2.46. The summed E-state index contributed by atoms with van der Waals surface area (Å²) in [6, 6.07) is 0. The molecule has 2 heterocycles. The normalized spacial score (nSPS) is 42.7. The average Bonchev–Trinajstić information content (AvgIpc) is 2.84. The molecule has 16 nitrogen and oxygen atoms in total. The lowest BCUT2D eigenvalue weighted by atomic mass is 9.96. The lowest BCUT2D eigenvalue weighted by Crippen LogP contribution is -2.65. The Bertz CT molecular complexity index is 594. The zero-order valence-corrected chi connectivity index (χ0v) is 17.9. The summed E-state index contributed by atoms with van der Waals surface area (Å²) in [7, 11) is 0. The second-order valence-electron chi connectivity index (χ2n) is 8.10. The predicted octanol–water partition coefficient (Wildman–Crippen LogP) is -7.94. The summed E-state index contributed by atoms with van der Waals surface area (Å²) in [5.74, 6) is 0. The Balaban J connectivity index is 2.17. The minimum absolute atomic E-state index is 0.757. The number of hydrogen-bond acceptors (Lipinski definition) is 16. The van der Waals surface area contributed by atoms with Gasteiger partial charge in [0.05, 0.1) is 26.4 Å². The van der Waals surface area contributed by atoms with Gasteiger partial charge in [-0.2, -0.15) is 0 Å². The van der Waals surface area contributed by atoms with E-state index in [4.69, 9.17) is 24.1 Å². The molecule has 0 radical (unpaired) electrons. The van der Waals surface area contributed by atoms with Crippen LogP contribution in [0.25, 0.3) is 0 Å². The van der Waals surface area contributed by atoms with Crippen LogP contribution in [-0.2, 0) is 18.9 Å². The van der Waals surface area contributed by atoms with Gasteiger partial charge in [0.1, 0.15) is 73.2 Å². The van der Waals surface area contributed by atoms with Crippen LogP contribution in [0, 0.1) is 0 Å². The Hall–Kier alpha value is -0.640. The highest BCUT2D eigenvalue weighted by Gasteiger charge is 2.51. The van der Waals surface area contributed by atoms with E-state index in [1.165, 1.54) is 0 Å². The first-order valence-corrected chi connectivity index (χ1v) is 10.5. The maximum atomic E-state index is 10.6. The molecular formula is C18H34O16. The topological polar surface area (TPSA) is 280 Å². The lowest BCUT2D eigenvalue weighted by molar-refractivity contribution is -0.367. The monoisotopic (exact) mass is 506 g/mol. The highest BCUT2D eigenvalue weighted by Crippen LogP contribution is 2.30. The van der Waals surface area contributed by atoms with E-state index in [2.05, 4.69) is 0 Å². The fraction of sp³-hybridized carbons (Fsp3) is 1.00. The van der Waals surface area contributed by atoms with Crippen LogP contribution in [0.4, 0.5) is 0 Å². The quantitative estimate of drug-likeness (QED) is 0.124. The van der Waals surface area contributed by atoms with Crippen LogP contribution >= 0.6 is 0 Å². The second kappa shape index (κ2) is 13.1. The number of aliphatic hydroxyl groups is 12. The summed E-state index contributed by atoms with van der Waals surface area (Å²) in [6.07, 6.45) is -24.7. The molecular weight excluding hydrogens is 472 g/mol. The summed E-state index contributed by atoms with van der Waals surface area (Å²) in [5.41, 5.74) is 0. The molecule has 0 aliphatic carbocycles. The minimum Gasteiger partial charge on any atom is -0.394 e. The molecule has 202 valence electrons. The first-order valence-electron chi connectivity index (χ1n) is 10.5. The largest absolute Gasteiger partial charge is 0.394 e. The van der Waals surface area contributed by atoms with Crippen LogP contribution < -0.4 is 0 Å². The van der Waals surface area contributed by atoms with Crippen molar-refractivity contribution in [1.82, 2.24) is 0 Å². The van der Waals surface area contributed by atoms with E-state index in [-0.39, 0.29) is 0 Å². The molecule has 0 aromatic rings. The zero-order chi connectivity index (χ0) is 25.7. The van der Waals surface area contributed by atoms with Crippen LogP contribution in [0.15, 0.2) is 0 Å². The predicted molar refractivity (Wildman–Crippen MR) is 103 cm³/mol. The molecule has 2 fully saturated rings. The number of hydrogen-bond donors (Lipinski definition) is 12. The SMILES string of the molecule is OC[C@@H](O)[C@H](O[C@H]1O[C@@H](CO)[C@H](O[C@@H]2O[C@H](CO)[C@@H](O)[C@@H](O)[C@@H]2O)[C@@H](O)[C@@H]1O)[C@@H](O)[C@@H](O)CO. The Labute approximate surface area is 193 Å². The summed E-state index contributed by atoms with van der Waals surface area (Å²) < 4.78 is 21.2. The van der Waals surface area contributed by atoms with Crippen LogP contribution in [0.1, 0.15) is 0 Å². The highest BCUT2D eigenvalue weighted by molar-refractivity contribution is 4.95. The van der Waals surface area contributed by atoms with Gasteiger partial charge in [0.25, 0.3) is 0 Å². The third-order valence-electron chi connectivity index (χ3n) is 5.74. The fourth-order valence-corrected chi connectivity index (χ4v) is 3.65. The molecule has 2 saturated heterocycles. The minimum atomic E-state index is -1.98. The number of rotatable bonds is 11. The van der Waals surface area contributed by atoms with Crippen molar-refractivity contribution in [3.8, 4) is 0 Å². The summed E-state index contributed by atoms with van der Waals surface area (Å²) in [6.45, 7) is -3.52. The van der Waals surface area contributed by atoms with Crippen LogP contribution in [-0.4, -0.2) is 174 Å². The Morgan fingerprint density at radius 1 is 0.618 bits per heavy atom. The Kier molecular flexibility index (Phi) is 11.4. The molecule has 14 atom stereocenters. The van der Waals surface area contributed by atoms with Gasteiger partial charge in [0, 0.05) is 0 Å². The summed E-state index contributed by atoms with van der Waals surface area (Å²) in [5, 5.41) is 118. The van der Waals surface area contributed by atoms with Crippen molar-refractivity contribution in [2.45, 2.75) is 85.8 Å². The van der Waals surface area contributed by atoms with E-state index in [0.717, 1.165) is 0 Å². The zero-order valence-electron chi connectivity index (χ0n) is 17.9. The third-order valence-corrected chi connectivity index (χ3v) is 5.74. The van der Waals surface area contributed by atoms with Crippen molar-refractivity contribution in [2.24, 2.45) is 0 Å². The number of ether oxygens (including phenoxy) is 4. The van der Waals surface area contributed by atoms with Gasteiger partial charge in [-0.15, -0.1) is 0 Å². The number of aliphatic hydroxyl groups excluding tert-OH is 12. The van der Waals surface area contributed by atoms with Gasteiger partial charge in [-0.05, 0) is 0 Å². The second-order valence-corrected chi connectivity index (χ2v) is 8.10. The van der Waals surface area contributed by atoms with Crippen molar-refractivity contribution >= 4 is 0 Å². The fourth-order valence-electron chi connectivity index (χ4n) is 3.65. The Morgan fingerprint density at radius 3 is 1.68 bits per heavy atom. The smallest absolute Gasteiger partial charge is 0.187 e. The molecule has 12 N–H and O–H groups in total. The van der Waals surface area contributed by atoms with Gasteiger partial charge >= 0.3 is 0 Å². The first-order chi connectivity index (χ1) is 16.0. The first kappa shape index (κ1) is 29.6. The van der Waals surface area contributed by atoms with E-state index in [1.807, 2.05) is 0 Å². The van der Waals surface area contributed by atoms with E-state index in [1.54, 1.807) is 0 Å². The van der Waals surface area contributed by atoms with Gasteiger partial charge in [-0.3, -0.25) is 0 Å². The maximum absolute atomic E-state index is 10.6. The van der Waals surface area contributed by atoms with Gasteiger partial charge in [0.15, 0.2) is 12.6 Å². The van der Waals surface area contributed by atoms with Gasteiger partial charge in [-0.25, -0.2) is 0 Å². The van der Waals surface area contributed by atoms with Crippen molar-refractivity contribution in [1.29, 1.82) is 0 Å². The van der Waals surface area contributed by atoms with E-state index < -0.39 is 112 Å². The third kappa shape index (κ3) is 6.37.